The molecule has 10 nitrogen and oxygen atoms in total. The van der Waals surface area contributed by atoms with Gasteiger partial charge in [0, 0.05) is 19.4 Å². The number of amides is 3. The SMILES string of the molecule is CCCCCN(C(=O)C(Cc1ccccc1)NC(=O)OC(C)(C)C)C(C(=O)NC(Cc1ccccc1)C(=O)OC(C)(C)C)c1ccc(O)c(C)c1. The van der Waals surface area contributed by atoms with E-state index in [0.29, 0.717) is 17.5 Å². The third-order valence-electron chi connectivity index (χ3n) is 7.94. The summed E-state index contributed by atoms with van der Waals surface area (Å²) in [6, 6.07) is 19.9. The van der Waals surface area contributed by atoms with E-state index in [-0.39, 0.29) is 25.1 Å². The Morgan fingerprint density at radius 1 is 0.745 bits per heavy atom. The third kappa shape index (κ3) is 13.4. The van der Waals surface area contributed by atoms with Gasteiger partial charge >= 0.3 is 12.1 Å². The molecular weight excluding hydrogens is 646 g/mol. The van der Waals surface area contributed by atoms with Crippen LogP contribution in [0.25, 0.3) is 0 Å². The highest BCUT2D eigenvalue weighted by molar-refractivity contribution is 5.94. The molecule has 0 aliphatic heterocycles. The Balaban J connectivity index is 2.14. The zero-order chi connectivity index (χ0) is 37.8. The number of phenols is 1. The molecule has 0 aliphatic rings. The molecule has 3 amide bonds. The van der Waals surface area contributed by atoms with Crippen molar-refractivity contribution >= 4 is 23.9 Å². The normalized spacial score (nSPS) is 13.3. The second-order valence-corrected chi connectivity index (χ2v) is 14.9. The molecular formula is C41H55N3O7. The Kier molecular flexibility index (Phi) is 14.6. The Bertz CT molecular complexity index is 1600. The summed E-state index contributed by atoms with van der Waals surface area (Å²) in [6.07, 6.45) is 1.75. The first-order valence-electron chi connectivity index (χ1n) is 17.7. The standard InChI is InChI=1S/C41H55N3O7/c1-9-10-17-24-44(37(47)32(26-29-18-13-11-14-19-29)43-39(49)51-41(6,7)8)35(31-22-23-34(45)28(2)25-31)36(46)42-33(38(48)50-40(3,4)5)27-30-20-15-12-16-21-30/h11-16,18-23,25,32-33,35,45H,9-10,17,24,26-27H2,1-8H3,(H,42,46)(H,43,49). The molecule has 0 radical (unpaired) electrons. The lowest BCUT2D eigenvalue weighted by atomic mass is 9.97. The Morgan fingerprint density at radius 2 is 1.29 bits per heavy atom. The van der Waals surface area contributed by atoms with E-state index in [1.54, 1.807) is 60.6 Å². The van der Waals surface area contributed by atoms with E-state index in [2.05, 4.69) is 10.6 Å². The lowest BCUT2D eigenvalue weighted by molar-refractivity contribution is -0.159. The molecule has 0 saturated heterocycles. The smallest absolute Gasteiger partial charge is 0.408 e. The summed E-state index contributed by atoms with van der Waals surface area (Å²) >= 11 is 0. The number of hydrogen-bond donors (Lipinski definition) is 3. The van der Waals surface area contributed by atoms with Gasteiger partial charge in [-0.2, -0.15) is 0 Å². The van der Waals surface area contributed by atoms with Gasteiger partial charge in [-0.15, -0.1) is 0 Å². The van der Waals surface area contributed by atoms with Crippen molar-refractivity contribution < 1.29 is 33.8 Å². The van der Waals surface area contributed by atoms with Gasteiger partial charge in [-0.25, -0.2) is 9.59 Å². The van der Waals surface area contributed by atoms with E-state index in [4.69, 9.17) is 9.47 Å². The molecule has 0 bridgehead atoms. The fourth-order valence-electron chi connectivity index (χ4n) is 5.59. The number of carbonyl (C=O) groups is 4. The lowest BCUT2D eigenvalue weighted by Gasteiger charge is -2.35. The van der Waals surface area contributed by atoms with E-state index >= 15 is 0 Å². The number of carbonyl (C=O) groups excluding carboxylic acids is 4. The number of nitrogens with one attached hydrogen (secondary N) is 2. The fraction of sp³-hybridized carbons (Fsp3) is 0.463. The molecule has 0 aliphatic carbocycles. The van der Waals surface area contributed by atoms with Crippen LogP contribution in [0, 0.1) is 6.92 Å². The highest BCUT2D eigenvalue weighted by atomic mass is 16.6. The van der Waals surface area contributed by atoms with Crippen LogP contribution < -0.4 is 10.6 Å². The van der Waals surface area contributed by atoms with Gasteiger partial charge in [-0.1, -0.05) is 86.5 Å². The van der Waals surface area contributed by atoms with Crippen molar-refractivity contribution in [2.45, 2.75) is 117 Å². The zero-order valence-corrected chi connectivity index (χ0v) is 31.3. The van der Waals surface area contributed by atoms with Gasteiger partial charge in [-0.05, 0) is 89.3 Å². The van der Waals surface area contributed by atoms with Crippen LogP contribution in [0.15, 0.2) is 78.9 Å². The van der Waals surface area contributed by atoms with E-state index in [1.165, 1.54) is 11.0 Å². The number of alkyl carbamates (subject to hydrolysis) is 1. The number of benzene rings is 3. The Morgan fingerprint density at radius 3 is 1.80 bits per heavy atom. The summed E-state index contributed by atoms with van der Waals surface area (Å²) in [5.74, 6) is -1.68. The molecule has 3 atom stereocenters. The molecule has 3 N–H and O–H groups in total. The minimum absolute atomic E-state index is 0.0334. The second-order valence-electron chi connectivity index (χ2n) is 14.9. The molecule has 0 heterocycles. The second kappa shape index (κ2) is 18.4. The summed E-state index contributed by atoms with van der Waals surface area (Å²) in [5.41, 5.74) is 0.926. The van der Waals surface area contributed by atoms with Crippen LogP contribution in [0.2, 0.25) is 0 Å². The van der Waals surface area contributed by atoms with Crippen LogP contribution in [-0.4, -0.2) is 63.7 Å². The van der Waals surface area contributed by atoms with Crippen LogP contribution in [0.1, 0.15) is 96.0 Å². The first-order chi connectivity index (χ1) is 24.0. The van der Waals surface area contributed by atoms with Crippen LogP contribution >= 0.6 is 0 Å². The first kappa shape index (κ1) is 40.6. The number of aromatic hydroxyl groups is 1. The van der Waals surface area contributed by atoms with Gasteiger partial charge in [0.2, 0.25) is 11.8 Å². The predicted molar refractivity (Wildman–Crippen MR) is 198 cm³/mol. The maximum Gasteiger partial charge on any atom is 0.408 e. The summed E-state index contributed by atoms with van der Waals surface area (Å²) in [7, 11) is 0. The van der Waals surface area contributed by atoms with Crippen LogP contribution in [0.5, 0.6) is 5.75 Å². The number of rotatable bonds is 15. The molecule has 3 aromatic rings. The molecule has 276 valence electrons. The molecule has 3 unspecified atom stereocenters. The number of unbranched alkanes of at least 4 members (excludes halogenated alkanes) is 2. The molecule has 0 aromatic heterocycles. The van der Waals surface area contributed by atoms with Crippen molar-refractivity contribution in [1.29, 1.82) is 0 Å². The van der Waals surface area contributed by atoms with E-state index in [1.807, 2.05) is 67.6 Å². The van der Waals surface area contributed by atoms with Gasteiger partial charge in [-0.3, -0.25) is 9.59 Å². The van der Waals surface area contributed by atoms with Gasteiger partial charge in [0.05, 0.1) is 0 Å². The zero-order valence-electron chi connectivity index (χ0n) is 31.3. The average Bonchev–Trinajstić information content (AvgIpc) is 3.04. The number of aryl methyl sites for hydroxylation is 1. The number of phenolic OH excluding ortho intramolecular Hbond substituents is 1. The lowest BCUT2D eigenvalue weighted by Crippen LogP contribution is -2.55. The van der Waals surface area contributed by atoms with Crippen molar-refractivity contribution in [3.63, 3.8) is 0 Å². The van der Waals surface area contributed by atoms with Crippen molar-refractivity contribution in [3.8, 4) is 5.75 Å². The number of hydrogen-bond acceptors (Lipinski definition) is 7. The van der Waals surface area contributed by atoms with Gasteiger partial charge in [0.25, 0.3) is 0 Å². The molecule has 51 heavy (non-hydrogen) atoms. The summed E-state index contributed by atoms with van der Waals surface area (Å²) in [6.45, 7) is 14.4. The Hall–Kier alpha value is -4.86. The third-order valence-corrected chi connectivity index (χ3v) is 7.94. The minimum atomic E-state index is -1.23. The van der Waals surface area contributed by atoms with E-state index in [9.17, 15) is 24.3 Å². The van der Waals surface area contributed by atoms with E-state index in [0.717, 1.165) is 24.0 Å². The quantitative estimate of drug-likeness (QED) is 0.115. The van der Waals surface area contributed by atoms with E-state index < -0.39 is 53.2 Å². The monoisotopic (exact) mass is 701 g/mol. The highest BCUT2D eigenvalue weighted by Crippen LogP contribution is 2.28. The summed E-state index contributed by atoms with van der Waals surface area (Å²) in [4.78, 5) is 57.8. The maximum absolute atomic E-state index is 14.8. The maximum atomic E-state index is 14.8. The first-order valence-corrected chi connectivity index (χ1v) is 17.7. The summed E-state index contributed by atoms with van der Waals surface area (Å²) < 4.78 is 11.3. The Labute approximate surface area is 302 Å². The molecule has 10 heteroatoms. The molecule has 3 rings (SSSR count). The number of ether oxygens (including phenoxy) is 2. The number of esters is 1. The summed E-state index contributed by atoms with van der Waals surface area (Å²) in [5, 5.41) is 16.1. The average molecular weight is 702 g/mol. The molecule has 0 spiro atoms. The molecule has 0 fully saturated rings. The molecule has 0 saturated carbocycles. The van der Waals surface area contributed by atoms with Crippen molar-refractivity contribution in [2.75, 3.05) is 6.54 Å². The van der Waals surface area contributed by atoms with Crippen molar-refractivity contribution in [1.82, 2.24) is 15.5 Å². The van der Waals surface area contributed by atoms with Crippen LogP contribution in [0.4, 0.5) is 4.79 Å². The van der Waals surface area contributed by atoms with Gasteiger partial charge in [0.1, 0.15) is 35.1 Å². The highest BCUT2D eigenvalue weighted by Gasteiger charge is 2.38. The fourth-order valence-corrected chi connectivity index (χ4v) is 5.59. The van der Waals surface area contributed by atoms with Crippen LogP contribution in [-0.2, 0) is 36.7 Å². The molecule has 3 aromatic carbocycles. The largest absolute Gasteiger partial charge is 0.508 e. The van der Waals surface area contributed by atoms with Crippen LogP contribution in [0.3, 0.4) is 0 Å². The van der Waals surface area contributed by atoms with Gasteiger partial charge < -0.3 is 30.1 Å². The number of nitrogens with zero attached hydrogens (tertiary/aromatic N) is 1. The predicted octanol–water partition coefficient (Wildman–Crippen LogP) is 6.97. The minimum Gasteiger partial charge on any atom is -0.508 e. The van der Waals surface area contributed by atoms with Crippen molar-refractivity contribution in [2.24, 2.45) is 0 Å². The van der Waals surface area contributed by atoms with Crippen molar-refractivity contribution in [3.05, 3.63) is 101 Å². The van der Waals surface area contributed by atoms with Gasteiger partial charge in [0.15, 0.2) is 0 Å². The topological polar surface area (TPSA) is 134 Å².